The van der Waals surface area contributed by atoms with E-state index in [4.69, 9.17) is 9.15 Å². The highest BCUT2D eigenvalue weighted by atomic mass is 16.5. The molecular weight excluding hydrogens is 254 g/mol. The number of nitrogens with one attached hydrogen (secondary N) is 1. The van der Waals surface area contributed by atoms with Crippen molar-refractivity contribution in [2.75, 3.05) is 11.9 Å². The lowest BCUT2D eigenvalue weighted by molar-refractivity contribution is 0.0996. The Morgan fingerprint density at radius 3 is 2.65 bits per heavy atom. The lowest BCUT2D eigenvalue weighted by Gasteiger charge is -2.07. The van der Waals surface area contributed by atoms with E-state index in [0.29, 0.717) is 11.4 Å². The van der Waals surface area contributed by atoms with Gasteiger partial charge in [0.25, 0.3) is 5.91 Å². The lowest BCUT2D eigenvalue weighted by Crippen LogP contribution is -2.10. The van der Waals surface area contributed by atoms with Crippen LogP contribution in [-0.4, -0.2) is 12.5 Å². The van der Waals surface area contributed by atoms with Crippen molar-refractivity contribution in [1.29, 1.82) is 0 Å². The number of carbonyl (C=O) groups is 1. The first-order chi connectivity index (χ1) is 9.79. The molecule has 0 aliphatic rings. The van der Waals surface area contributed by atoms with Crippen LogP contribution in [0, 0.1) is 0 Å². The number of ether oxygens (including phenoxy) is 1. The largest absolute Gasteiger partial charge is 0.494 e. The second kappa shape index (κ2) is 7.38. The zero-order chi connectivity index (χ0) is 14.2. The summed E-state index contributed by atoms with van der Waals surface area (Å²) in [4.78, 5) is 11.8. The Morgan fingerprint density at radius 2 is 2.00 bits per heavy atom. The predicted molar refractivity (Wildman–Crippen MR) is 78.1 cm³/mol. The van der Waals surface area contributed by atoms with E-state index in [9.17, 15) is 4.79 Å². The second-order valence-electron chi connectivity index (χ2n) is 4.51. The van der Waals surface area contributed by atoms with Gasteiger partial charge >= 0.3 is 0 Å². The number of hydrogen-bond donors (Lipinski definition) is 1. The van der Waals surface area contributed by atoms with Crippen molar-refractivity contribution in [3.8, 4) is 5.75 Å². The van der Waals surface area contributed by atoms with Crippen LogP contribution in [0.4, 0.5) is 5.69 Å². The van der Waals surface area contributed by atoms with Crippen LogP contribution in [0.5, 0.6) is 5.75 Å². The molecule has 0 radical (unpaired) electrons. The normalized spacial score (nSPS) is 10.2. The van der Waals surface area contributed by atoms with Crippen LogP contribution < -0.4 is 10.1 Å². The molecule has 1 heterocycles. The van der Waals surface area contributed by atoms with Crippen molar-refractivity contribution < 1.29 is 13.9 Å². The second-order valence-corrected chi connectivity index (χ2v) is 4.51. The van der Waals surface area contributed by atoms with Crippen LogP contribution in [0.15, 0.2) is 47.1 Å². The summed E-state index contributed by atoms with van der Waals surface area (Å²) in [6, 6.07) is 10.6. The van der Waals surface area contributed by atoms with Gasteiger partial charge in [0.05, 0.1) is 12.9 Å². The van der Waals surface area contributed by atoms with Crippen molar-refractivity contribution in [3.05, 3.63) is 48.4 Å². The highest BCUT2D eigenvalue weighted by molar-refractivity contribution is 6.02. The van der Waals surface area contributed by atoms with Gasteiger partial charge in [-0.1, -0.05) is 19.8 Å². The average molecular weight is 273 g/mol. The Hall–Kier alpha value is -2.23. The Bertz CT molecular complexity index is 517. The third-order valence-corrected chi connectivity index (χ3v) is 2.87. The topological polar surface area (TPSA) is 51.5 Å². The minimum absolute atomic E-state index is 0.258. The number of hydrogen-bond acceptors (Lipinski definition) is 3. The van der Waals surface area contributed by atoms with Crippen molar-refractivity contribution >= 4 is 11.6 Å². The summed E-state index contributed by atoms with van der Waals surface area (Å²) in [5.41, 5.74) is 0.715. The first-order valence-electron chi connectivity index (χ1n) is 6.87. The fourth-order valence-corrected chi connectivity index (χ4v) is 1.78. The molecule has 2 rings (SSSR count). The summed E-state index contributed by atoms with van der Waals surface area (Å²) in [7, 11) is 0. The molecule has 0 atom stereocenters. The van der Waals surface area contributed by atoms with Gasteiger partial charge < -0.3 is 14.5 Å². The van der Waals surface area contributed by atoms with Gasteiger partial charge in [-0.15, -0.1) is 0 Å². The molecule has 0 aliphatic carbocycles. The molecule has 0 saturated carbocycles. The van der Waals surface area contributed by atoms with Crippen LogP contribution in [0.25, 0.3) is 0 Å². The number of rotatable bonds is 7. The van der Waals surface area contributed by atoms with Crippen LogP contribution in [0.1, 0.15) is 36.7 Å². The van der Waals surface area contributed by atoms with Crippen molar-refractivity contribution in [2.45, 2.75) is 26.2 Å². The Labute approximate surface area is 118 Å². The molecule has 4 nitrogen and oxygen atoms in total. The number of unbranched alkanes of at least 4 members (excludes halogenated alkanes) is 2. The van der Waals surface area contributed by atoms with E-state index < -0.39 is 0 Å². The summed E-state index contributed by atoms with van der Waals surface area (Å²) in [6.45, 7) is 2.89. The van der Waals surface area contributed by atoms with Crippen LogP contribution in [-0.2, 0) is 0 Å². The molecule has 0 spiro atoms. The molecule has 1 aromatic heterocycles. The first-order valence-corrected chi connectivity index (χ1v) is 6.87. The SMILES string of the molecule is CCCCCOc1ccc(NC(=O)c2ccco2)cc1. The Morgan fingerprint density at radius 1 is 1.20 bits per heavy atom. The highest BCUT2D eigenvalue weighted by Crippen LogP contribution is 2.17. The molecule has 1 amide bonds. The Kier molecular flexibility index (Phi) is 5.24. The van der Waals surface area contributed by atoms with Gasteiger partial charge in [-0.3, -0.25) is 4.79 Å². The molecule has 2 aromatic rings. The van der Waals surface area contributed by atoms with Gasteiger partial charge in [-0.25, -0.2) is 0 Å². The number of amides is 1. The van der Waals surface area contributed by atoms with Crippen LogP contribution in [0.2, 0.25) is 0 Å². The fourth-order valence-electron chi connectivity index (χ4n) is 1.78. The monoisotopic (exact) mass is 273 g/mol. The minimum Gasteiger partial charge on any atom is -0.494 e. The fraction of sp³-hybridized carbons (Fsp3) is 0.312. The van der Waals surface area contributed by atoms with E-state index in [0.717, 1.165) is 18.8 Å². The van der Waals surface area contributed by atoms with Gasteiger partial charge in [0.15, 0.2) is 5.76 Å². The maximum Gasteiger partial charge on any atom is 0.291 e. The average Bonchev–Trinajstić information content (AvgIpc) is 3.00. The number of anilines is 1. The smallest absolute Gasteiger partial charge is 0.291 e. The molecule has 1 N–H and O–H groups in total. The van der Waals surface area contributed by atoms with E-state index in [1.807, 2.05) is 24.3 Å². The number of furan rings is 1. The molecule has 106 valence electrons. The molecule has 0 saturated heterocycles. The van der Waals surface area contributed by atoms with Crippen LogP contribution in [0.3, 0.4) is 0 Å². The minimum atomic E-state index is -0.258. The molecular formula is C16H19NO3. The Balaban J connectivity index is 1.83. The van der Waals surface area contributed by atoms with Gasteiger partial charge in [0.1, 0.15) is 5.75 Å². The third-order valence-electron chi connectivity index (χ3n) is 2.87. The molecule has 1 aromatic carbocycles. The standard InChI is InChI=1S/C16H19NO3/c1-2-3-4-11-19-14-9-7-13(8-10-14)17-16(18)15-6-5-12-20-15/h5-10,12H,2-4,11H2,1H3,(H,17,18). The summed E-state index contributed by atoms with van der Waals surface area (Å²) in [5, 5.41) is 2.76. The van der Waals surface area contributed by atoms with Crippen molar-refractivity contribution in [1.82, 2.24) is 0 Å². The van der Waals surface area contributed by atoms with Gasteiger partial charge in [-0.2, -0.15) is 0 Å². The molecule has 20 heavy (non-hydrogen) atoms. The molecule has 0 bridgehead atoms. The van der Waals surface area contributed by atoms with E-state index >= 15 is 0 Å². The van der Waals surface area contributed by atoms with Crippen LogP contribution >= 0.6 is 0 Å². The maximum absolute atomic E-state index is 11.8. The summed E-state index contributed by atoms with van der Waals surface area (Å²) >= 11 is 0. The summed E-state index contributed by atoms with van der Waals surface area (Å²) < 4.78 is 10.6. The summed E-state index contributed by atoms with van der Waals surface area (Å²) in [5.74, 6) is 0.855. The maximum atomic E-state index is 11.8. The zero-order valence-corrected chi connectivity index (χ0v) is 11.6. The highest BCUT2D eigenvalue weighted by Gasteiger charge is 2.08. The van der Waals surface area contributed by atoms with E-state index in [1.54, 1.807) is 12.1 Å². The number of benzene rings is 1. The van der Waals surface area contributed by atoms with E-state index in [1.165, 1.54) is 19.1 Å². The lowest BCUT2D eigenvalue weighted by atomic mass is 10.2. The molecule has 4 heteroatoms. The molecule has 0 fully saturated rings. The van der Waals surface area contributed by atoms with Crippen molar-refractivity contribution in [2.24, 2.45) is 0 Å². The van der Waals surface area contributed by atoms with E-state index in [-0.39, 0.29) is 5.91 Å². The van der Waals surface area contributed by atoms with Crippen molar-refractivity contribution in [3.63, 3.8) is 0 Å². The summed E-state index contributed by atoms with van der Waals surface area (Å²) in [6.07, 6.45) is 4.90. The zero-order valence-electron chi connectivity index (χ0n) is 11.6. The van der Waals surface area contributed by atoms with E-state index in [2.05, 4.69) is 12.2 Å². The first kappa shape index (κ1) is 14.2. The molecule has 0 aliphatic heterocycles. The van der Waals surface area contributed by atoms with Gasteiger partial charge in [0.2, 0.25) is 0 Å². The third kappa shape index (κ3) is 4.16. The number of carbonyl (C=O) groups excluding carboxylic acids is 1. The molecule has 0 unspecified atom stereocenters. The van der Waals surface area contributed by atoms with Gasteiger partial charge in [-0.05, 0) is 42.8 Å². The predicted octanol–water partition coefficient (Wildman–Crippen LogP) is 4.10. The quantitative estimate of drug-likeness (QED) is 0.773. The van der Waals surface area contributed by atoms with Gasteiger partial charge in [0, 0.05) is 5.69 Å².